The maximum absolute atomic E-state index is 10.7. The third-order valence-corrected chi connectivity index (χ3v) is 3.59. The first kappa shape index (κ1) is 13.0. The zero-order valence-electron chi connectivity index (χ0n) is 11.0. The Morgan fingerprint density at radius 3 is 2.61 bits per heavy atom. The lowest BCUT2D eigenvalue weighted by Crippen LogP contribution is -2.54. The van der Waals surface area contributed by atoms with E-state index in [1.54, 1.807) is 0 Å². The molecule has 6 heteroatoms. The monoisotopic (exact) mass is 253 g/mol. The number of carboxylic acid groups (broad SMARTS) is 1. The van der Waals surface area contributed by atoms with Crippen LogP contribution in [0.2, 0.25) is 0 Å². The zero-order chi connectivity index (χ0) is 13.3. The lowest BCUT2D eigenvalue weighted by Gasteiger charge is -2.42. The van der Waals surface area contributed by atoms with Crippen molar-refractivity contribution in [2.24, 2.45) is 0 Å². The highest BCUT2D eigenvalue weighted by molar-refractivity contribution is 5.85. The van der Waals surface area contributed by atoms with Gasteiger partial charge in [0.2, 0.25) is 0 Å². The Hall–Kier alpha value is -1.40. The second-order valence-corrected chi connectivity index (χ2v) is 5.04. The molecule has 6 nitrogen and oxygen atoms in total. The molecule has 2 rings (SSSR count). The molecule has 2 unspecified atom stereocenters. The topological polar surface area (TPSA) is 69.8 Å². The van der Waals surface area contributed by atoms with E-state index < -0.39 is 5.97 Å². The summed E-state index contributed by atoms with van der Waals surface area (Å²) in [5.74, 6) is -0.443. The highest BCUT2D eigenvalue weighted by Crippen LogP contribution is 2.16. The number of hydrogen-bond acceptors (Lipinski definition) is 5. The lowest BCUT2D eigenvalue weighted by atomic mass is 10.1. The molecular weight excluding hydrogens is 234 g/mol. The summed E-state index contributed by atoms with van der Waals surface area (Å²) in [4.78, 5) is 15.3. The summed E-state index contributed by atoms with van der Waals surface area (Å²) < 4.78 is 5.04. The van der Waals surface area contributed by atoms with Crippen molar-refractivity contribution < 1.29 is 14.4 Å². The molecule has 2 heterocycles. The second-order valence-electron chi connectivity index (χ2n) is 5.04. The molecule has 1 fully saturated rings. The Labute approximate surface area is 106 Å². The third-order valence-electron chi connectivity index (χ3n) is 3.59. The Kier molecular flexibility index (Phi) is 3.68. The molecule has 0 aromatic carbocycles. The van der Waals surface area contributed by atoms with E-state index in [4.69, 9.17) is 9.63 Å². The normalized spacial score (nSPS) is 26.4. The Morgan fingerprint density at radius 2 is 2.11 bits per heavy atom. The van der Waals surface area contributed by atoms with Crippen molar-refractivity contribution in [2.45, 2.75) is 32.5 Å². The summed E-state index contributed by atoms with van der Waals surface area (Å²) in [7, 11) is 2.13. The molecule has 1 aliphatic heterocycles. The highest BCUT2D eigenvalue weighted by Gasteiger charge is 2.27. The van der Waals surface area contributed by atoms with Crippen molar-refractivity contribution in [3.8, 4) is 0 Å². The van der Waals surface area contributed by atoms with Crippen LogP contribution >= 0.6 is 0 Å². The smallest absolute Gasteiger partial charge is 0.358 e. The van der Waals surface area contributed by atoms with E-state index in [0.717, 1.165) is 13.1 Å². The van der Waals surface area contributed by atoms with Gasteiger partial charge in [-0.3, -0.25) is 9.80 Å². The van der Waals surface area contributed by atoms with E-state index in [-0.39, 0.29) is 5.69 Å². The Morgan fingerprint density at radius 1 is 1.50 bits per heavy atom. The SMILES string of the molecule is CC1CN(Cc2cc(C(=O)O)no2)CC(C)N1C. The van der Waals surface area contributed by atoms with Crippen LogP contribution in [0.1, 0.15) is 30.1 Å². The number of aromatic nitrogens is 1. The van der Waals surface area contributed by atoms with E-state index in [1.807, 2.05) is 0 Å². The van der Waals surface area contributed by atoms with Gasteiger partial charge < -0.3 is 9.63 Å². The number of carboxylic acids is 1. The van der Waals surface area contributed by atoms with Crippen LogP contribution in [0, 0.1) is 0 Å². The molecule has 2 atom stereocenters. The van der Waals surface area contributed by atoms with Crippen molar-refractivity contribution in [3.63, 3.8) is 0 Å². The minimum atomic E-state index is -1.05. The minimum absolute atomic E-state index is 0.0276. The molecule has 0 bridgehead atoms. The van der Waals surface area contributed by atoms with Gasteiger partial charge in [-0.05, 0) is 20.9 Å². The molecule has 1 saturated heterocycles. The van der Waals surface area contributed by atoms with E-state index in [0.29, 0.717) is 24.4 Å². The van der Waals surface area contributed by atoms with E-state index in [2.05, 4.69) is 35.9 Å². The fraction of sp³-hybridized carbons (Fsp3) is 0.667. The van der Waals surface area contributed by atoms with Crippen molar-refractivity contribution in [1.82, 2.24) is 15.0 Å². The van der Waals surface area contributed by atoms with Gasteiger partial charge in [0, 0.05) is 31.2 Å². The third kappa shape index (κ3) is 2.70. The summed E-state index contributed by atoms with van der Waals surface area (Å²) in [5.41, 5.74) is -0.0276. The highest BCUT2D eigenvalue weighted by atomic mass is 16.5. The van der Waals surface area contributed by atoms with Crippen LogP contribution in [0.3, 0.4) is 0 Å². The molecule has 1 aromatic rings. The quantitative estimate of drug-likeness (QED) is 0.863. The van der Waals surface area contributed by atoms with Crippen LogP contribution in [-0.2, 0) is 6.54 Å². The molecular formula is C12H19N3O3. The minimum Gasteiger partial charge on any atom is -0.476 e. The van der Waals surface area contributed by atoms with Gasteiger partial charge in [0.05, 0.1) is 6.54 Å². The van der Waals surface area contributed by atoms with Gasteiger partial charge in [0.1, 0.15) is 0 Å². The first-order chi connectivity index (χ1) is 8.47. The standard InChI is InChI=1S/C12H19N3O3/c1-8-5-15(6-9(2)14(8)3)7-10-4-11(12(16)17)13-18-10/h4,8-9H,5-7H2,1-3H3,(H,16,17). The number of nitrogens with zero attached hydrogens (tertiary/aromatic N) is 3. The van der Waals surface area contributed by atoms with Crippen molar-refractivity contribution in [2.75, 3.05) is 20.1 Å². The van der Waals surface area contributed by atoms with Gasteiger partial charge in [-0.25, -0.2) is 4.79 Å². The lowest BCUT2D eigenvalue weighted by molar-refractivity contribution is 0.0506. The van der Waals surface area contributed by atoms with E-state index >= 15 is 0 Å². The summed E-state index contributed by atoms with van der Waals surface area (Å²) in [5, 5.41) is 12.3. The Balaban J connectivity index is 1.99. The van der Waals surface area contributed by atoms with Crippen LogP contribution in [0.4, 0.5) is 0 Å². The van der Waals surface area contributed by atoms with Crippen LogP contribution in [0.5, 0.6) is 0 Å². The van der Waals surface area contributed by atoms with Gasteiger partial charge in [0.25, 0.3) is 0 Å². The molecule has 18 heavy (non-hydrogen) atoms. The molecule has 0 amide bonds. The molecule has 0 radical (unpaired) electrons. The van der Waals surface area contributed by atoms with Gasteiger partial charge in [-0.2, -0.15) is 0 Å². The van der Waals surface area contributed by atoms with Gasteiger partial charge in [-0.15, -0.1) is 0 Å². The number of piperazine rings is 1. The van der Waals surface area contributed by atoms with E-state index in [9.17, 15) is 4.79 Å². The largest absolute Gasteiger partial charge is 0.476 e. The molecule has 1 N–H and O–H groups in total. The molecule has 0 aliphatic carbocycles. The number of rotatable bonds is 3. The predicted molar refractivity (Wildman–Crippen MR) is 65.4 cm³/mol. The van der Waals surface area contributed by atoms with Crippen LogP contribution in [-0.4, -0.2) is 58.3 Å². The van der Waals surface area contributed by atoms with E-state index in [1.165, 1.54) is 6.07 Å². The van der Waals surface area contributed by atoms with Crippen molar-refractivity contribution >= 4 is 5.97 Å². The Bertz CT molecular complexity index is 420. The fourth-order valence-electron chi connectivity index (χ4n) is 2.35. The average molecular weight is 253 g/mol. The second kappa shape index (κ2) is 5.07. The zero-order valence-corrected chi connectivity index (χ0v) is 11.0. The molecule has 0 spiro atoms. The first-order valence-electron chi connectivity index (χ1n) is 6.10. The first-order valence-corrected chi connectivity index (χ1v) is 6.10. The summed E-state index contributed by atoms with van der Waals surface area (Å²) in [6.07, 6.45) is 0. The fourth-order valence-corrected chi connectivity index (χ4v) is 2.35. The maximum Gasteiger partial charge on any atom is 0.358 e. The summed E-state index contributed by atoms with van der Waals surface area (Å²) in [6, 6.07) is 2.46. The molecule has 1 aliphatic rings. The van der Waals surface area contributed by atoms with Crippen LogP contribution in [0.25, 0.3) is 0 Å². The number of hydrogen-bond donors (Lipinski definition) is 1. The van der Waals surface area contributed by atoms with Crippen LogP contribution in [0.15, 0.2) is 10.6 Å². The van der Waals surface area contributed by atoms with Gasteiger partial charge in [-0.1, -0.05) is 5.16 Å². The number of aromatic carboxylic acids is 1. The summed E-state index contributed by atoms with van der Waals surface area (Å²) in [6.45, 7) is 6.88. The van der Waals surface area contributed by atoms with Gasteiger partial charge in [0.15, 0.2) is 11.5 Å². The maximum atomic E-state index is 10.7. The predicted octanol–water partition coefficient (Wildman–Crippen LogP) is 0.897. The van der Waals surface area contributed by atoms with Crippen LogP contribution < -0.4 is 0 Å². The molecule has 0 saturated carbocycles. The van der Waals surface area contributed by atoms with Crippen molar-refractivity contribution in [1.29, 1.82) is 0 Å². The summed E-state index contributed by atoms with van der Waals surface area (Å²) >= 11 is 0. The number of carbonyl (C=O) groups is 1. The van der Waals surface area contributed by atoms with Gasteiger partial charge >= 0.3 is 5.97 Å². The van der Waals surface area contributed by atoms with Crippen molar-refractivity contribution in [3.05, 3.63) is 17.5 Å². The molecule has 1 aromatic heterocycles. The number of likely N-dealkylation sites (N-methyl/N-ethyl adjacent to an activating group) is 1. The average Bonchev–Trinajstić information content (AvgIpc) is 2.74. The molecule has 100 valence electrons.